The summed E-state index contributed by atoms with van der Waals surface area (Å²) in [5.41, 5.74) is 4.66. The molecule has 2 N–H and O–H groups in total. The van der Waals surface area contributed by atoms with Crippen molar-refractivity contribution in [1.29, 1.82) is 0 Å². The van der Waals surface area contributed by atoms with Crippen LogP contribution in [-0.4, -0.2) is 25.5 Å². The van der Waals surface area contributed by atoms with Crippen LogP contribution in [-0.2, 0) is 17.9 Å². The molecule has 5 heteroatoms. The summed E-state index contributed by atoms with van der Waals surface area (Å²) in [5, 5.41) is 6.68. The summed E-state index contributed by atoms with van der Waals surface area (Å²) in [6.07, 6.45) is 1.61. The van der Waals surface area contributed by atoms with Gasteiger partial charge in [-0.3, -0.25) is 9.79 Å². The lowest BCUT2D eigenvalue weighted by molar-refractivity contribution is -0.117. The number of nitrogens with one attached hydrogen (secondary N) is 2. The fraction of sp³-hybridized carbons (Fsp3) is 0.333. The first-order valence-corrected chi connectivity index (χ1v) is 9.05. The van der Waals surface area contributed by atoms with E-state index in [1.54, 1.807) is 7.05 Å². The molecule has 0 atom stereocenters. The summed E-state index contributed by atoms with van der Waals surface area (Å²) in [7, 11) is 1.77. The molecule has 0 unspecified atom stereocenters. The maximum atomic E-state index is 11.8. The molecule has 2 aromatic carbocycles. The minimum atomic E-state index is 0.219. The van der Waals surface area contributed by atoms with Crippen LogP contribution >= 0.6 is 0 Å². The number of aryl methyl sites for hydroxylation is 1. The van der Waals surface area contributed by atoms with Gasteiger partial charge < -0.3 is 15.5 Å². The first-order chi connectivity index (χ1) is 12.7. The lowest BCUT2D eigenvalue weighted by atomic mass is 10.1. The first kappa shape index (κ1) is 18.0. The Hall–Kier alpha value is -2.82. The van der Waals surface area contributed by atoms with E-state index in [1.807, 2.05) is 29.2 Å². The number of anilines is 1. The van der Waals surface area contributed by atoms with Gasteiger partial charge in [-0.1, -0.05) is 36.4 Å². The lowest BCUT2D eigenvalue weighted by Crippen LogP contribution is -2.36. The molecule has 1 aliphatic heterocycles. The fourth-order valence-electron chi connectivity index (χ4n) is 3.11. The maximum Gasteiger partial charge on any atom is 0.227 e. The van der Waals surface area contributed by atoms with Crippen LogP contribution < -0.4 is 15.5 Å². The van der Waals surface area contributed by atoms with E-state index in [1.165, 1.54) is 11.1 Å². The zero-order chi connectivity index (χ0) is 18.4. The molecule has 0 spiro atoms. The lowest BCUT2D eigenvalue weighted by Gasteiger charge is -2.16. The molecule has 3 rings (SSSR count). The van der Waals surface area contributed by atoms with E-state index in [-0.39, 0.29) is 5.91 Å². The molecule has 2 aromatic rings. The number of hydrogen-bond donors (Lipinski definition) is 2. The molecule has 5 nitrogen and oxygen atoms in total. The molecular formula is C21H26N4O. The van der Waals surface area contributed by atoms with Gasteiger partial charge in [0.1, 0.15) is 0 Å². The van der Waals surface area contributed by atoms with Crippen molar-refractivity contribution in [2.75, 3.05) is 18.5 Å². The summed E-state index contributed by atoms with van der Waals surface area (Å²) >= 11 is 0. The molecule has 1 saturated heterocycles. The highest BCUT2D eigenvalue weighted by Gasteiger charge is 2.21. The van der Waals surface area contributed by atoms with Gasteiger partial charge in [0, 0.05) is 38.8 Å². The van der Waals surface area contributed by atoms with Crippen LogP contribution in [0.3, 0.4) is 0 Å². The Morgan fingerprint density at radius 2 is 1.81 bits per heavy atom. The fourth-order valence-corrected chi connectivity index (χ4v) is 3.11. The van der Waals surface area contributed by atoms with Crippen LogP contribution in [0.1, 0.15) is 29.5 Å². The van der Waals surface area contributed by atoms with Crippen LogP contribution in [0.2, 0.25) is 0 Å². The molecule has 0 radical (unpaired) electrons. The molecule has 136 valence electrons. The van der Waals surface area contributed by atoms with Gasteiger partial charge in [-0.15, -0.1) is 0 Å². The van der Waals surface area contributed by atoms with E-state index in [9.17, 15) is 4.79 Å². The molecular weight excluding hydrogens is 324 g/mol. The van der Waals surface area contributed by atoms with Crippen LogP contribution in [0.25, 0.3) is 0 Å². The van der Waals surface area contributed by atoms with Crippen molar-refractivity contribution in [3.8, 4) is 0 Å². The largest absolute Gasteiger partial charge is 0.352 e. The van der Waals surface area contributed by atoms with Gasteiger partial charge in [0.2, 0.25) is 5.91 Å². The number of hydrogen-bond acceptors (Lipinski definition) is 2. The molecule has 1 fully saturated rings. The second-order valence-electron chi connectivity index (χ2n) is 6.52. The topological polar surface area (TPSA) is 56.7 Å². The molecule has 1 aliphatic rings. The second kappa shape index (κ2) is 8.52. The zero-order valence-corrected chi connectivity index (χ0v) is 15.5. The summed E-state index contributed by atoms with van der Waals surface area (Å²) in [5.74, 6) is 0.990. The highest BCUT2D eigenvalue weighted by atomic mass is 16.2. The molecule has 26 heavy (non-hydrogen) atoms. The normalized spacial score (nSPS) is 14.6. The van der Waals surface area contributed by atoms with Crippen molar-refractivity contribution >= 4 is 17.6 Å². The molecule has 1 heterocycles. The summed E-state index contributed by atoms with van der Waals surface area (Å²) in [6, 6.07) is 16.5. The van der Waals surface area contributed by atoms with E-state index in [2.05, 4.69) is 46.8 Å². The van der Waals surface area contributed by atoms with E-state index in [0.717, 1.165) is 36.7 Å². The Labute approximate surface area is 155 Å². The van der Waals surface area contributed by atoms with Gasteiger partial charge >= 0.3 is 0 Å². The number of aliphatic imine (C=N–C) groups is 1. The highest BCUT2D eigenvalue weighted by molar-refractivity contribution is 5.95. The van der Waals surface area contributed by atoms with E-state index in [0.29, 0.717) is 13.0 Å². The van der Waals surface area contributed by atoms with Crippen LogP contribution in [0, 0.1) is 6.92 Å². The Kier molecular flexibility index (Phi) is 5.89. The minimum Gasteiger partial charge on any atom is -0.352 e. The van der Waals surface area contributed by atoms with Gasteiger partial charge in [-0.05, 0) is 42.2 Å². The third-order valence-corrected chi connectivity index (χ3v) is 4.71. The van der Waals surface area contributed by atoms with Crippen molar-refractivity contribution in [3.63, 3.8) is 0 Å². The SMILES string of the molecule is CN=C(NCc1ccc(N2CCCC2=O)cc1)NCc1ccccc1C. The van der Waals surface area contributed by atoms with Gasteiger partial charge in [0.15, 0.2) is 5.96 Å². The number of carbonyl (C=O) groups is 1. The predicted octanol–water partition coefficient (Wildman–Crippen LogP) is 2.99. The average Bonchev–Trinajstić information content (AvgIpc) is 3.09. The Bertz CT molecular complexity index is 783. The van der Waals surface area contributed by atoms with Crippen molar-refractivity contribution in [1.82, 2.24) is 10.6 Å². The van der Waals surface area contributed by atoms with Crippen molar-refractivity contribution < 1.29 is 4.79 Å². The van der Waals surface area contributed by atoms with Gasteiger partial charge in [0.05, 0.1) is 0 Å². The summed E-state index contributed by atoms with van der Waals surface area (Å²) in [4.78, 5) is 18.0. The molecule has 0 saturated carbocycles. The predicted molar refractivity (Wildman–Crippen MR) is 106 cm³/mol. The zero-order valence-electron chi connectivity index (χ0n) is 15.5. The number of rotatable bonds is 5. The minimum absolute atomic E-state index is 0.219. The number of nitrogens with zero attached hydrogens (tertiary/aromatic N) is 2. The maximum absolute atomic E-state index is 11.8. The number of benzene rings is 2. The van der Waals surface area contributed by atoms with Gasteiger partial charge in [-0.2, -0.15) is 0 Å². The quantitative estimate of drug-likeness (QED) is 0.644. The van der Waals surface area contributed by atoms with E-state index in [4.69, 9.17) is 0 Å². The van der Waals surface area contributed by atoms with Crippen molar-refractivity contribution in [3.05, 3.63) is 65.2 Å². The Balaban J connectivity index is 1.52. The Morgan fingerprint density at radius 1 is 1.08 bits per heavy atom. The van der Waals surface area contributed by atoms with Crippen LogP contribution in [0.5, 0.6) is 0 Å². The summed E-state index contributed by atoms with van der Waals surface area (Å²) in [6.45, 7) is 4.36. The second-order valence-corrected chi connectivity index (χ2v) is 6.52. The molecule has 1 amide bonds. The van der Waals surface area contributed by atoms with Crippen LogP contribution in [0.15, 0.2) is 53.5 Å². The van der Waals surface area contributed by atoms with Crippen molar-refractivity contribution in [2.24, 2.45) is 4.99 Å². The first-order valence-electron chi connectivity index (χ1n) is 9.05. The highest BCUT2D eigenvalue weighted by Crippen LogP contribution is 2.21. The Morgan fingerprint density at radius 3 is 2.46 bits per heavy atom. The van der Waals surface area contributed by atoms with Crippen LogP contribution in [0.4, 0.5) is 5.69 Å². The smallest absolute Gasteiger partial charge is 0.227 e. The van der Waals surface area contributed by atoms with E-state index >= 15 is 0 Å². The molecule has 0 aliphatic carbocycles. The van der Waals surface area contributed by atoms with Gasteiger partial charge in [0.25, 0.3) is 0 Å². The molecule has 0 aromatic heterocycles. The monoisotopic (exact) mass is 350 g/mol. The standard InChI is InChI=1S/C21H26N4O/c1-16-6-3-4-7-18(16)15-24-21(22-2)23-14-17-9-11-19(12-10-17)25-13-5-8-20(25)26/h3-4,6-7,9-12H,5,8,13-15H2,1-2H3,(H2,22,23,24). The number of carbonyl (C=O) groups excluding carboxylic acids is 1. The van der Waals surface area contributed by atoms with E-state index < -0.39 is 0 Å². The average molecular weight is 350 g/mol. The summed E-state index contributed by atoms with van der Waals surface area (Å²) < 4.78 is 0. The number of guanidine groups is 1. The third-order valence-electron chi connectivity index (χ3n) is 4.71. The third kappa shape index (κ3) is 4.42. The van der Waals surface area contributed by atoms with Gasteiger partial charge in [-0.25, -0.2) is 0 Å². The van der Waals surface area contributed by atoms with Crippen molar-refractivity contribution in [2.45, 2.75) is 32.9 Å². The molecule has 0 bridgehead atoms. The number of amides is 1.